The Labute approximate surface area is 330 Å². The molecule has 7 aromatic carbocycles. The van der Waals surface area contributed by atoms with Crippen LogP contribution < -0.4 is 32.8 Å². The molecule has 3 heterocycles. The van der Waals surface area contributed by atoms with Gasteiger partial charge in [-0.3, -0.25) is 0 Å². The van der Waals surface area contributed by atoms with Gasteiger partial charge in [0.05, 0.1) is 16.7 Å². The van der Waals surface area contributed by atoms with Crippen LogP contribution in [-0.4, -0.2) is 66.6 Å². The molecule has 0 atom stereocenters. The van der Waals surface area contributed by atoms with Crippen molar-refractivity contribution in [2.75, 3.05) is 0 Å². The minimum Gasteiger partial charge on any atom is -0.454 e. The number of fused-ring (bicyclic) bond motifs is 6. The maximum absolute atomic E-state index is 7.28. The number of hydrogen-bond acceptors (Lipinski definition) is 4. The number of furan rings is 1. The molecule has 0 aliphatic carbocycles. The lowest BCUT2D eigenvalue weighted by atomic mass is 9.67. The Morgan fingerprint density at radius 3 is 1.55 bits per heavy atom. The van der Waals surface area contributed by atoms with Crippen LogP contribution in [0.1, 0.15) is 0 Å². The average molecular weight is 712 g/mol. The Morgan fingerprint density at radius 2 is 0.911 bits per heavy atom. The summed E-state index contributed by atoms with van der Waals surface area (Å²) in [5.74, 6) is 1.92. The third-order valence-electron chi connectivity index (χ3n) is 11.9. The molecule has 11 heteroatoms. The molecule has 10 aromatic rings. The zero-order valence-corrected chi connectivity index (χ0v) is 32.4. The Bertz CT molecular complexity index is 3140. The summed E-state index contributed by atoms with van der Waals surface area (Å²) >= 11 is 0. The van der Waals surface area contributed by atoms with Crippen LogP contribution in [0.2, 0.25) is 0 Å². The molecule has 0 aliphatic rings. The van der Waals surface area contributed by atoms with E-state index in [-0.39, 0.29) is 0 Å². The van der Waals surface area contributed by atoms with Gasteiger partial charge in [-0.25, -0.2) is 15.0 Å². The Kier molecular flexibility index (Phi) is 7.96. The highest BCUT2D eigenvalue weighted by atomic mass is 16.3. The predicted octanol–water partition coefficient (Wildman–Crippen LogP) is 1.09. The first kappa shape index (κ1) is 34.1. The molecule has 0 N–H and O–H groups in total. The summed E-state index contributed by atoms with van der Waals surface area (Å²) in [7, 11) is 13.3. The standard InChI is InChI=1S/C45H34B6N4O/c46-34-31-32-35(47)38(50)39(51)40(55-29-19-11-10-18-27(29)28-22-26(20-21-30(28)55)23-12-4-1-5-13-23)42(32)56-41(31)37(49)33(36(34)48)45-53-43(24-14-6-2-7-15-24)52-44(54-45)25-16-8-3-9-17-25/h1-22H,46-51H2. The van der Waals surface area contributed by atoms with Gasteiger partial charge in [0.25, 0.3) is 0 Å². The maximum atomic E-state index is 7.28. The molecule has 0 fully saturated rings. The summed E-state index contributed by atoms with van der Waals surface area (Å²) in [5.41, 5.74) is 17.4. The van der Waals surface area contributed by atoms with Crippen LogP contribution in [0.25, 0.3) is 94.7 Å². The van der Waals surface area contributed by atoms with E-state index in [0.717, 1.165) is 71.7 Å². The highest BCUT2D eigenvalue weighted by molar-refractivity contribution is 6.65. The van der Waals surface area contributed by atoms with E-state index in [0.29, 0.717) is 17.5 Å². The Morgan fingerprint density at radius 1 is 0.393 bits per heavy atom. The quantitative estimate of drug-likeness (QED) is 0.251. The molecular weight excluding hydrogens is 677 g/mol. The van der Waals surface area contributed by atoms with Gasteiger partial charge in [0.2, 0.25) is 0 Å². The lowest BCUT2D eigenvalue weighted by Crippen LogP contribution is -2.42. The van der Waals surface area contributed by atoms with E-state index >= 15 is 0 Å². The predicted molar refractivity (Wildman–Crippen MR) is 252 cm³/mol. The van der Waals surface area contributed by atoms with E-state index in [2.05, 4.69) is 124 Å². The minimum absolute atomic E-state index is 0.638. The molecule has 0 saturated carbocycles. The van der Waals surface area contributed by atoms with Crippen molar-refractivity contribution in [3.63, 3.8) is 0 Å². The van der Waals surface area contributed by atoms with Crippen molar-refractivity contribution in [1.82, 2.24) is 19.5 Å². The molecule has 0 radical (unpaired) electrons. The molecular formula is C45H34B6N4O. The van der Waals surface area contributed by atoms with E-state index in [9.17, 15) is 0 Å². The van der Waals surface area contributed by atoms with E-state index in [4.69, 9.17) is 19.4 Å². The summed E-state index contributed by atoms with van der Waals surface area (Å²) in [4.78, 5) is 15.3. The van der Waals surface area contributed by atoms with Crippen LogP contribution in [0.5, 0.6) is 0 Å². The van der Waals surface area contributed by atoms with Crippen molar-refractivity contribution in [2.24, 2.45) is 0 Å². The highest BCUT2D eigenvalue weighted by Crippen LogP contribution is 2.38. The third kappa shape index (κ3) is 5.14. The van der Waals surface area contributed by atoms with Gasteiger partial charge in [0.15, 0.2) is 23.1 Å². The lowest BCUT2D eigenvalue weighted by molar-refractivity contribution is 0.670. The Hall–Kier alpha value is -6.46. The summed E-state index contributed by atoms with van der Waals surface area (Å²) in [6.07, 6.45) is 0. The fourth-order valence-electron chi connectivity index (χ4n) is 8.71. The van der Waals surface area contributed by atoms with Crippen LogP contribution >= 0.6 is 0 Å². The first-order valence-electron chi connectivity index (χ1n) is 19.2. The molecule has 56 heavy (non-hydrogen) atoms. The largest absolute Gasteiger partial charge is 0.454 e. The number of rotatable bonds is 5. The first-order chi connectivity index (χ1) is 27.3. The maximum Gasteiger partial charge on any atom is 0.164 e. The second-order valence-electron chi connectivity index (χ2n) is 15.0. The molecule has 0 aliphatic heterocycles. The third-order valence-corrected chi connectivity index (χ3v) is 11.9. The number of benzene rings is 7. The summed E-state index contributed by atoms with van der Waals surface area (Å²) in [6, 6.07) is 46.5. The molecule has 5 nitrogen and oxygen atoms in total. The van der Waals surface area contributed by atoms with Crippen LogP contribution in [0, 0.1) is 0 Å². The number of para-hydroxylation sites is 1. The molecule has 10 rings (SSSR count). The van der Waals surface area contributed by atoms with Crippen molar-refractivity contribution in [3.05, 3.63) is 133 Å². The van der Waals surface area contributed by atoms with Gasteiger partial charge < -0.3 is 8.98 Å². The van der Waals surface area contributed by atoms with E-state index in [1.54, 1.807) is 0 Å². The summed E-state index contributed by atoms with van der Waals surface area (Å²) < 4.78 is 9.71. The molecule has 0 amide bonds. The zero-order valence-electron chi connectivity index (χ0n) is 32.4. The highest BCUT2D eigenvalue weighted by Gasteiger charge is 2.27. The van der Waals surface area contributed by atoms with Crippen molar-refractivity contribution in [2.45, 2.75) is 0 Å². The molecule has 3 aromatic heterocycles. The molecule has 0 unspecified atom stereocenters. The fraction of sp³-hybridized carbons (Fsp3) is 0. The number of nitrogens with zero attached hydrogens (tertiary/aromatic N) is 4. The smallest absolute Gasteiger partial charge is 0.164 e. The average Bonchev–Trinajstić information content (AvgIpc) is 3.80. The van der Waals surface area contributed by atoms with E-state index in [1.807, 2.05) is 60.7 Å². The van der Waals surface area contributed by atoms with Gasteiger partial charge in [-0.15, -0.1) is 0 Å². The fourth-order valence-corrected chi connectivity index (χ4v) is 8.71. The molecule has 0 bridgehead atoms. The van der Waals surface area contributed by atoms with Gasteiger partial charge in [-0.2, -0.15) is 0 Å². The van der Waals surface area contributed by atoms with Crippen molar-refractivity contribution < 1.29 is 4.42 Å². The van der Waals surface area contributed by atoms with Crippen molar-refractivity contribution >= 4 is 124 Å². The first-order valence-corrected chi connectivity index (χ1v) is 19.2. The summed E-state index contributed by atoms with van der Waals surface area (Å²) in [6.45, 7) is 0. The monoisotopic (exact) mass is 712 g/mol. The second-order valence-corrected chi connectivity index (χ2v) is 15.0. The molecule has 0 spiro atoms. The molecule has 0 saturated heterocycles. The lowest BCUT2D eigenvalue weighted by Gasteiger charge is -2.18. The van der Waals surface area contributed by atoms with Crippen molar-refractivity contribution in [3.8, 4) is 51.0 Å². The molecule has 258 valence electrons. The van der Waals surface area contributed by atoms with Gasteiger partial charge in [0, 0.05) is 38.2 Å². The van der Waals surface area contributed by atoms with Crippen LogP contribution in [-0.2, 0) is 0 Å². The summed E-state index contributed by atoms with van der Waals surface area (Å²) in [5, 5.41) is 4.73. The second kappa shape index (κ2) is 13.1. The van der Waals surface area contributed by atoms with E-state index in [1.165, 1.54) is 38.3 Å². The SMILES string of the molecule is Bc1c(B)c(B)c2c(oc3c(B)c(-c4nc(-c5ccccc5)nc(-c5ccccc5)n4)c(B)c(B)c32)c1-n1c2ccccc2c2cc(-c3ccccc3)ccc21. The van der Waals surface area contributed by atoms with Crippen LogP contribution in [0.3, 0.4) is 0 Å². The topological polar surface area (TPSA) is 56.7 Å². The van der Waals surface area contributed by atoms with Crippen LogP contribution in [0.15, 0.2) is 138 Å². The zero-order chi connectivity index (χ0) is 38.2. The normalized spacial score (nSPS) is 11.6. The van der Waals surface area contributed by atoms with Gasteiger partial charge >= 0.3 is 0 Å². The van der Waals surface area contributed by atoms with Crippen molar-refractivity contribution in [1.29, 1.82) is 0 Å². The number of hydrogen-bond donors (Lipinski definition) is 0. The van der Waals surface area contributed by atoms with Gasteiger partial charge in [-0.1, -0.05) is 143 Å². The van der Waals surface area contributed by atoms with Crippen LogP contribution in [0.4, 0.5) is 0 Å². The number of aromatic nitrogens is 4. The van der Waals surface area contributed by atoms with Gasteiger partial charge in [0.1, 0.15) is 52.7 Å². The Balaban J connectivity index is 1.27. The minimum atomic E-state index is 0.638. The van der Waals surface area contributed by atoms with Gasteiger partial charge in [-0.05, 0) is 34.8 Å². The van der Waals surface area contributed by atoms with E-state index < -0.39 is 0 Å².